The predicted molar refractivity (Wildman–Crippen MR) is 50.2 cm³/mol. The largest absolute Gasteiger partial charge is 0.303 e. The summed E-state index contributed by atoms with van der Waals surface area (Å²) >= 11 is 0. The van der Waals surface area contributed by atoms with Crippen molar-refractivity contribution in [1.29, 1.82) is 0 Å². The molecule has 0 aliphatic carbocycles. The number of carbonyl (C=O) groups excluding carboxylic acids is 1. The molecule has 2 nitrogen and oxygen atoms in total. The Labute approximate surface area is 74.9 Å². The summed E-state index contributed by atoms with van der Waals surface area (Å²) < 4.78 is 0. The molecule has 0 atom stereocenters. The van der Waals surface area contributed by atoms with Crippen molar-refractivity contribution in [2.45, 2.75) is 45.1 Å². The zero-order valence-corrected chi connectivity index (χ0v) is 8.18. The number of hydrogen-bond acceptors (Lipinski definition) is 2. The van der Waals surface area contributed by atoms with Gasteiger partial charge in [-0.2, -0.15) is 0 Å². The Kier molecular flexibility index (Phi) is 3.27. The van der Waals surface area contributed by atoms with Gasteiger partial charge in [0, 0.05) is 18.5 Å². The molecule has 0 saturated carbocycles. The third-order valence-electron chi connectivity index (χ3n) is 2.84. The smallest absolute Gasteiger partial charge is 0.121 e. The summed E-state index contributed by atoms with van der Waals surface area (Å²) in [7, 11) is 0. The molecular formula is C10H19NO. The Morgan fingerprint density at radius 3 is 2.75 bits per heavy atom. The number of hydrogen-bond donors (Lipinski definition) is 0. The number of piperidine rings is 1. The molecule has 2 heteroatoms. The standard InChI is InChI=1S/C10H19NO/c1-10(2)6-3-4-7-11(10)8-5-9-12/h9H,3-8H2,1-2H3. The number of likely N-dealkylation sites (tertiary alicyclic amines) is 1. The molecule has 0 aromatic rings. The topological polar surface area (TPSA) is 20.3 Å². The second-order valence-electron chi connectivity index (χ2n) is 4.21. The van der Waals surface area contributed by atoms with Gasteiger partial charge in [0.2, 0.25) is 0 Å². The molecule has 1 aliphatic heterocycles. The van der Waals surface area contributed by atoms with Crippen molar-refractivity contribution in [2.75, 3.05) is 13.1 Å². The summed E-state index contributed by atoms with van der Waals surface area (Å²) in [6.07, 6.45) is 5.60. The second-order valence-corrected chi connectivity index (χ2v) is 4.21. The summed E-state index contributed by atoms with van der Waals surface area (Å²) in [4.78, 5) is 12.7. The first kappa shape index (κ1) is 9.72. The van der Waals surface area contributed by atoms with Crippen molar-refractivity contribution in [3.05, 3.63) is 0 Å². The molecule has 12 heavy (non-hydrogen) atoms. The van der Waals surface area contributed by atoms with E-state index in [0.717, 1.165) is 12.8 Å². The zero-order valence-electron chi connectivity index (χ0n) is 8.18. The van der Waals surface area contributed by atoms with E-state index in [0.29, 0.717) is 12.0 Å². The van der Waals surface area contributed by atoms with Crippen LogP contribution in [0.4, 0.5) is 0 Å². The summed E-state index contributed by atoms with van der Waals surface area (Å²) in [5.74, 6) is 0. The Bertz CT molecular complexity index is 154. The van der Waals surface area contributed by atoms with Gasteiger partial charge in [0.15, 0.2) is 0 Å². The van der Waals surface area contributed by atoms with Crippen LogP contribution in [0.1, 0.15) is 39.5 Å². The van der Waals surface area contributed by atoms with Crippen LogP contribution in [-0.4, -0.2) is 29.8 Å². The molecule has 0 spiro atoms. The van der Waals surface area contributed by atoms with Gasteiger partial charge in [-0.05, 0) is 33.2 Å². The number of nitrogens with zero attached hydrogens (tertiary/aromatic N) is 1. The zero-order chi connectivity index (χ0) is 9.03. The maximum atomic E-state index is 10.2. The summed E-state index contributed by atoms with van der Waals surface area (Å²) in [6, 6.07) is 0. The van der Waals surface area contributed by atoms with Crippen molar-refractivity contribution in [3.8, 4) is 0 Å². The minimum absolute atomic E-state index is 0.321. The van der Waals surface area contributed by atoms with Crippen LogP contribution < -0.4 is 0 Å². The fourth-order valence-electron chi connectivity index (χ4n) is 1.94. The van der Waals surface area contributed by atoms with E-state index in [9.17, 15) is 4.79 Å². The van der Waals surface area contributed by atoms with E-state index >= 15 is 0 Å². The van der Waals surface area contributed by atoms with Crippen molar-refractivity contribution in [1.82, 2.24) is 4.90 Å². The molecule has 1 aliphatic rings. The first-order chi connectivity index (χ1) is 5.67. The van der Waals surface area contributed by atoms with E-state index in [1.54, 1.807) is 0 Å². The molecule has 1 fully saturated rings. The molecule has 0 aromatic carbocycles. The SMILES string of the molecule is CC1(C)CCCCN1CCC=O. The van der Waals surface area contributed by atoms with E-state index in [2.05, 4.69) is 18.7 Å². The first-order valence-corrected chi connectivity index (χ1v) is 4.85. The van der Waals surface area contributed by atoms with Gasteiger partial charge < -0.3 is 4.79 Å². The van der Waals surface area contributed by atoms with Gasteiger partial charge in [0.05, 0.1) is 0 Å². The van der Waals surface area contributed by atoms with Crippen LogP contribution in [0.3, 0.4) is 0 Å². The fraction of sp³-hybridized carbons (Fsp3) is 0.900. The average Bonchev–Trinajstić information content (AvgIpc) is 2.02. The highest BCUT2D eigenvalue weighted by molar-refractivity contribution is 5.49. The molecule has 0 aromatic heterocycles. The number of aldehydes is 1. The van der Waals surface area contributed by atoms with Gasteiger partial charge in [-0.25, -0.2) is 0 Å². The molecule has 1 saturated heterocycles. The van der Waals surface area contributed by atoms with Crippen LogP contribution >= 0.6 is 0 Å². The van der Waals surface area contributed by atoms with E-state index in [4.69, 9.17) is 0 Å². The summed E-state index contributed by atoms with van der Waals surface area (Å²) in [6.45, 7) is 6.66. The fourth-order valence-corrected chi connectivity index (χ4v) is 1.94. The van der Waals surface area contributed by atoms with Crippen molar-refractivity contribution in [3.63, 3.8) is 0 Å². The molecule has 0 bridgehead atoms. The van der Waals surface area contributed by atoms with Gasteiger partial charge in [0.1, 0.15) is 6.29 Å². The Balaban J connectivity index is 2.42. The van der Waals surface area contributed by atoms with E-state index in [-0.39, 0.29) is 0 Å². The van der Waals surface area contributed by atoms with Gasteiger partial charge >= 0.3 is 0 Å². The lowest BCUT2D eigenvalue weighted by Crippen LogP contribution is -2.47. The molecule has 1 rings (SSSR count). The van der Waals surface area contributed by atoms with Crippen LogP contribution in [-0.2, 0) is 4.79 Å². The third-order valence-corrected chi connectivity index (χ3v) is 2.84. The quantitative estimate of drug-likeness (QED) is 0.601. The summed E-state index contributed by atoms with van der Waals surface area (Å²) in [5.41, 5.74) is 0.321. The average molecular weight is 169 g/mol. The van der Waals surface area contributed by atoms with Crippen LogP contribution in [0.15, 0.2) is 0 Å². The normalized spacial score (nSPS) is 23.8. The lowest BCUT2D eigenvalue weighted by atomic mass is 9.90. The lowest BCUT2D eigenvalue weighted by molar-refractivity contribution is -0.108. The highest BCUT2D eigenvalue weighted by atomic mass is 16.1. The van der Waals surface area contributed by atoms with Crippen LogP contribution in [0.25, 0.3) is 0 Å². The lowest BCUT2D eigenvalue weighted by Gasteiger charge is -2.42. The minimum atomic E-state index is 0.321. The highest BCUT2D eigenvalue weighted by Gasteiger charge is 2.28. The number of rotatable bonds is 3. The van der Waals surface area contributed by atoms with E-state index in [1.165, 1.54) is 25.8 Å². The highest BCUT2D eigenvalue weighted by Crippen LogP contribution is 2.26. The van der Waals surface area contributed by atoms with Crippen molar-refractivity contribution < 1.29 is 4.79 Å². The van der Waals surface area contributed by atoms with Crippen LogP contribution in [0.5, 0.6) is 0 Å². The second kappa shape index (κ2) is 4.04. The van der Waals surface area contributed by atoms with Crippen LogP contribution in [0.2, 0.25) is 0 Å². The van der Waals surface area contributed by atoms with Gasteiger partial charge in [-0.3, -0.25) is 4.90 Å². The van der Waals surface area contributed by atoms with E-state index in [1.807, 2.05) is 0 Å². The predicted octanol–water partition coefficient (Wildman–Crippen LogP) is 1.84. The number of carbonyl (C=O) groups is 1. The molecular weight excluding hydrogens is 150 g/mol. The molecule has 0 amide bonds. The molecule has 70 valence electrons. The minimum Gasteiger partial charge on any atom is -0.303 e. The monoisotopic (exact) mass is 169 g/mol. The molecule has 1 heterocycles. The van der Waals surface area contributed by atoms with E-state index < -0.39 is 0 Å². The Morgan fingerprint density at radius 2 is 2.17 bits per heavy atom. The third kappa shape index (κ3) is 2.31. The van der Waals surface area contributed by atoms with Crippen molar-refractivity contribution >= 4 is 6.29 Å². The Hall–Kier alpha value is -0.370. The molecule has 0 radical (unpaired) electrons. The van der Waals surface area contributed by atoms with Gasteiger partial charge in [-0.15, -0.1) is 0 Å². The van der Waals surface area contributed by atoms with Gasteiger partial charge in [-0.1, -0.05) is 6.42 Å². The molecule has 0 unspecified atom stereocenters. The molecule has 0 N–H and O–H groups in total. The van der Waals surface area contributed by atoms with Gasteiger partial charge in [0.25, 0.3) is 0 Å². The van der Waals surface area contributed by atoms with Crippen LogP contribution in [0, 0.1) is 0 Å². The Morgan fingerprint density at radius 1 is 1.42 bits per heavy atom. The van der Waals surface area contributed by atoms with Crippen molar-refractivity contribution in [2.24, 2.45) is 0 Å². The summed E-state index contributed by atoms with van der Waals surface area (Å²) in [5, 5.41) is 0. The maximum absolute atomic E-state index is 10.2. The maximum Gasteiger partial charge on any atom is 0.121 e. The first-order valence-electron chi connectivity index (χ1n) is 4.85.